The number of nitrogens with zero attached hydrogens (tertiary/aromatic N) is 2. The Morgan fingerprint density at radius 1 is 1.38 bits per heavy atom. The highest BCUT2D eigenvalue weighted by molar-refractivity contribution is 5.87. The molecule has 116 valence electrons. The van der Waals surface area contributed by atoms with Crippen LogP contribution in [0.4, 0.5) is 0 Å². The van der Waals surface area contributed by atoms with Crippen LogP contribution in [0.3, 0.4) is 0 Å². The van der Waals surface area contributed by atoms with Crippen LogP contribution in [0.25, 0.3) is 0 Å². The largest absolute Gasteiger partial charge is 0.478 e. The summed E-state index contributed by atoms with van der Waals surface area (Å²) in [6.45, 7) is 8.55. The van der Waals surface area contributed by atoms with Gasteiger partial charge in [-0.1, -0.05) is 13.0 Å². The van der Waals surface area contributed by atoms with E-state index in [9.17, 15) is 4.79 Å². The third kappa shape index (κ3) is 4.05. The smallest absolute Gasteiger partial charge is 0.335 e. The number of likely N-dealkylation sites (N-methyl/N-ethyl adjacent to an activating group) is 1. The number of aromatic carboxylic acids is 1. The van der Waals surface area contributed by atoms with E-state index in [-0.39, 0.29) is 0 Å². The third-order valence-corrected chi connectivity index (χ3v) is 4.46. The van der Waals surface area contributed by atoms with Gasteiger partial charge >= 0.3 is 5.97 Å². The molecule has 1 heterocycles. The van der Waals surface area contributed by atoms with Crippen LogP contribution in [0.1, 0.15) is 41.3 Å². The summed E-state index contributed by atoms with van der Waals surface area (Å²) in [6, 6.07) is 6.05. The first-order chi connectivity index (χ1) is 10.0. The number of carboxylic acid groups (broad SMARTS) is 1. The van der Waals surface area contributed by atoms with Gasteiger partial charge in [0.2, 0.25) is 0 Å². The van der Waals surface area contributed by atoms with E-state index in [1.165, 1.54) is 12.0 Å². The second kappa shape index (κ2) is 7.05. The van der Waals surface area contributed by atoms with Gasteiger partial charge in [0.05, 0.1) is 5.56 Å². The molecule has 1 fully saturated rings. The first kappa shape index (κ1) is 16.0. The summed E-state index contributed by atoms with van der Waals surface area (Å²) in [5, 5.41) is 9.05. The van der Waals surface area contributed by atoms with Crippen LogP contribution in [-0.4, -0.2) is 53.6 Å². The molecule has 0 aromatic heterocycles. The zero-order chi connectivity index (χ0) is 15.4. The topological polar surface area (TPSA) is 43.8 Å². The molecule has 4 nitrogen and oxygen atoms in total. The van der Waals surface area contributed by atoms with E-state index in [0.717, 1.165) is 38.2 Å². The molecule has 1 saturated heterocycles. The Bertz CT molecular complexity index is 502. The highest BCUT2D eigenvalue weighted by Gasteiger charge is 2.22. The van der Waals surface area contributed by atoms with Crippen LogP contribution in [0.2, 0.25) is 0 Å². The summed E-state index contributed by atoms with van der Waals surface area (Å²) in [5.41, 5.74) is 2.68. The lowest BCUT2D eigenvalue weighted by Gasteiger charge is -2.30. The molecule has 0 bridgehead atoms. The van der Waals surface area contributed by atoms with Gasteiger partial charge in [-0.05, 0) is 56.6 Å². The molecule has 1 aromatic rings. The maximum Gasteiger partial charge on any atom is 0.335 e. The Kier molecular flexibility index (Phi) is 5.37. The van der Waals surface area contributed by atoms with E-state index in [1.807, 2.05) is 13.0 Å². The van der Waals surface area contributed by atoms with Crippen molar-refractivity contribution in [2.45, 2.75) is 39.3 Å². The maximum absolute atomic E-state index is 11.0. The lowest BCUT2D eigenvalue weighted by molar-refractivity contribution is 0.0696. The van der Waals surface area contributed by atoms with Crippen molar-refractivity contribution in [1.82, 2.24) is 9.80 Å². The lowest BCUT2D eigenvalue weighted by atomic mass is 10.0. The maximum atomic E-state index is 11.0. The summed E-state index contributed by atoms with van der Waals surface area (Å²) in [6.07, 6.45) is 2.34. The quantitative estimate of drug-likeness (QED) is 0.926. The molecule has 1 aliphatic rings. The van der Waals surface area contributed by atoms with Crippen molar-refractivity contribution in [1.29, 1.82) is 0 Å². The molecule has 4 heteroatoms. The molecule has 0 amide bonds. The van der Waals surface area contributed by atoms with Crippen molar-refractivity contribution in [3.8, 4) is 0 Å². The van der Waals surface area contributed by atoms with Crippen molar-refractivity contribution in [2.24, 2.45) is 0 Å². The Labute approximate surface area is 127 Å². The van der Waals surface area contributed by atoms with Crippen molar-refractivity contribution in [2.75, 3.05) is 26.7 Å². The van der Waals surface area contributed by atoms with E-state index in [1.54, 1.807) is 12.1 Å². The monoisotopic (exact) mass is 290 g/mol. The van der Waals surface area contributed by atoms with Crippen LogP contribution in [0.5, 0.6) is 0 Å². The Balaban J connectivity index is 2.14. The molecular formula is C17H26N2O2. The highest BCUT2D eigenvalue weighted by atomic mass is 16.4. The second-order valence-electron chi connectivity index (χ2n) is 6.09. The molecule has 0 saturated carbocycles. The van der Waals surface area contributed by atoms with Gasteiger partial charge in [-0.25, -0.2) is 4.79 Å². The van der Waals surface area contributed by atoms with E-state index >= 15 is 0 Å². The van der Waals surface area contributed by atoms with Crippen LogP contribution >= 0.6 is 0 Å². The van der Waals surface area contributed by atoms with Gasteiger partial charge in [0.15, 0.2) is 0 Å². The normalized spacial score (nSPS) is 21.2. The molecule has 0 radical (unpaired) electrons. The van der Waals surface area contributed by atoms with Gasteiger partial charge in [-0.2, -0.15) is 0 Å². The third-order valence-electron chi connectivity index (χ3n) is 4.46. The number of rotatable bonds is 4. The summed E-state index contributed by atoms with van der Waals surface area (Å²) >= 11 is 0. The minimum absolute atomic E-state index is 0.374. The zero-order valence-corrected chi connectivity index (χ0v) is 13.3. The standard InChI is InChI=1S/C17H26N2O2/c1-4-16-12-18(3)8-5-9-19(16)11-15-7-6-14(17(20)21)10-13(15)2/h6-7,10,16H,4-5,8-9,11-12H2,1-3H3,(H,20,21). The summed E-state index contributed by atoms with van der Waals surface area (Å²) in [4.78, 5) is 16.0. The summed E-state index contributed by atoms with van der Waals surface area (Å²) in [5.74, 6) is -0.854. The Morgan fingerprint density at radius 2 is 2.14 bits per heavy atom. The fraction of sp³-hybridized carbons (Fsp3) is 0.588. The Morgan fingerprint density at radius 3 is 2.76 bits per heavy atom. The minimum Gasteiger partial charge on any atom is -0.478 e. The second-order valence-corrected chi connectivity index (χ2v) is 6.09. The number of hydrogen-bond donors (Lipinski definition) is 1. The molecule has 1 atom stereocenters. The number of carbonyl (C=O) groups is 1. The predicted molar refractivity (Wildman–Crippen MR) is 84.7 cm³/mol. The lowest BCUT2D eigenvalue weighted by Crippen LogP contribution is -2.39. The van der Waals surface area contributed by atoms with Gasteiger partial charge in [0.1, 0.15) is 0 Å². The molecule has 1 N–H and O–H groups in total. The molecule has 0 spiro atoms. The molecule has 1 aromatic carbocycles. The number of benzene rings is 1. The Hall–Kier alpha value is -1.39. The molecule has 0 aliphatic carbocycles. The van der Waals surface area contributed by atoms with Crippen LogP contribution < -0.4 is 0 Å². The molecule has 1 aliphatic heterocycles. The highest BCUT2D eigenvalue weighted by Crippen LogP contribution is 2.19. The SMILES string of the molecule is CCC1CN(C)CCCN1Cc1ccc(C(=O)O)cc1C. The van der Waals surface area contributed by atoms with Crippen molar-refractivity contribution < 1.29 is 9.90 Å². The van der Waals surface area contributed by atoms with Crippen LogP contribution in [0, 0.1) is 6.92 Å². The van der Waals surface area contributed by atoms with Gasteiger partial charge < -0.3 is 10.0 Å². The van der Waals surface area contributed by atoms with E-state index in [4.69, 9.17) is 5.11 Å². The van der Waals surface area contributed by atoms with Crippen LogP contribution in [0.15, 0.2) is 18.2 Å². The first-order valence-corrected chi connectivity index (χ1v) is 7.76. The first-order valence-electron chi connectivity index (χ1n) is 7.76. The average Bonchev–Trinajstić information content (AvgIpc) is 2.62. The average molecular weight is 290 g/mol. The van der Waals surface area contributed by atoms with Crippen molar-refractivity contribution in [3.63, 3.8) is 0 Å². The number of carboxylic acids is 1. The van der Waals surface area contributed by atoms with Gasteiger partial charge in [-0.3, -0.25) is 4.90 Å². The fourth-order valence-corrected chi connectivity index (χ4v) is 3.11. The predicted octanol–water partition coefficient (Wildman–Crippen LogP) is 2.61. The van der Waals surface area contributed by atoms with Gasteiger partial charge in [-0.15, -0.1) is 0 Å². The summed E-state index contributed by atoms with van der Waals surface area (Å²) in [7, 11) is 2.19. The number of hydrogen-bond acceptors (Lipinski definition) is 3. The minimum atomic E-state index is -0.854. The van der Waals surface area contributed by atoms with Crippen molar-refractivity contribution in [3.05, 3.63) is 34.9 Å². The molecule has 1 unspecified atom stereocenters. The molecular weight excluding hydrogens is 264 g/mol. The van der Waals surface area contributed by atoms with Gasteiger partial charge in [0, 0.05) is 25.7 Å². The van der Waals surface area contributed by atoms with E-state index in [0.29, 0.717) is 11.6 Å². The van der Waals surface area contributed by atoms with E-state index in [2.05, 4.69) is 23.8 Å². The number of aryl methyl sites for hydroxylation is 1. The molecule has 2 rings (SSSR count). The van der Waals surface area contributed by atoms with Crippen molar-refractivity contribution >= 4 is 5.97 Å². The summed E-state index contributed by atoms with van der Waals surface area (Å²) < 4.78 is 0. The molecule has 21 heavy (non-hydrogen) atoms. The van der Waals surface area contributed by atoms with E-state index < -0.39 is 5.97 Å². The van der Waals surface area contributed by atoms with Crippen LogP contribution in [-0.2, 0) is 6.54 Å². The van der Waals surface area contributed by atoms with Gasteiger partial charge in [0.25, 0.3) is 0 Å². The zero-order valence-electron chi connectivity index (χ0n) is 13.3. The fourth-order valence-electron chi connectivity index (χ4n) is 3.11.